The molecule has 0 unspecified atom stereocenters. The third-order valence-corrected chi connectivity index (χ3v) is 5.07. The third kappa shape index (κ3) is 3.17. The van der Waals surface area contributed by atoms with Crippen LogP contribution in [-0.4, -0.2) is 20.2 Å². The molecule has 1 saturated heterocycles. The van der Waals surface area contributed by atoms with Gasteiger partial charge in [0.2, 0.25) is 0 Å². The van der Waals surface area contributed by atoms with Gasteiger partial charge < -0.3 is 10.1 Å². The van der Waals surface area contributed by atoms with Crippen molar-refractivity contribution in [3.05, 3.63) is 29.3 Å². The van der Waals surface area contributed by atoms with E-state index in [1.54, 1.807) is 7.11 Å². The normalized spacial score (nSPS) is 21.2. The summed E-state index contributed by atoms with van der Waals surface area (Å²) in [6.45, 7) is 2.38. The Kier molecular flexibility index (Phi) is 4.62. The number of rotatable bonds is 4. The van der Waals surface area contributed by atoms with Crippen LogP contribution in [0, 0.1) is 5.92 Å². The van der Waals surface area contributed by atoms with Crippen LogP contribution in [0.1, 0.15) is 55.6 Å². The maximum Gasteiger partial charge on any atom is 0.122 e. The topological polar surface area (TPSA) is 21.3 Å². The fourth-order valence-electron chi connectivity index (χ4n) is 3.89. The molecule has 0 bridgehead atoms. The van der Waals surface area contributed by atoms with Crippen LogP contribution >= 0.6 is 0 Å². The first-order chi connectivity index (χ1) is 9.86. The van der Waals surface area contributed by atoms with Crippen LogP contribution in [0.3, 0.4) is 0 Å². The molecular formula is C18H27NO. The molecular weight excluding hydrogens is 246 g/mol. The molecule has 2 nitrogen and oxygen atoms in total. The molecule has 2 aliphatic rings. The average Bonchev–Trinajstić information content (AvgIpc) is 3.02. The lowest BCUT2D eigenvalue weighted by Gasteiger charge is -2.23. The van der Waals surface area contributed by atoms with E-state index in [1.165, 1.54) is 69.2 Å². The van der Waals surface area contributed by atoms with Crippen LogP contribution in [0.2, 0.25) is 0 Å². The molecule has 1 heterocycles. The molecule has 0 radical (unpaired) electrons. The van der Waals surface area contributed by atoms with Crippen molar-refractivity contribution in [3.63, 3.8) is 0 Å². The van der Waals surface area contributed by atoms with E-state index >= 15 is 0 Å². The Morgan fingerprint density at radius 2 is 1.85 bits per heavy atom. The van der Waals surface area contributed by atoms with Gasteiger partial charge in [0.25, 0.3) is 0 Å². The summed E-state index contributed by atoms with van der Waals surface area (Å²) in [7, 11) is 1.81. The maximum atomic E-state index is 5.59. The van der Waals surface area contributed by atoms with Crippen molar-refractivity contribution in [1.29, 1.82) is 0 Å². The summed E-state index contributed by atoms with van der Waals surface area (Å²) >= 11 is 0. The lowest BCUT2D eigenvalue weighted by molar-refractivity contribution is 0.372. The van der Waals surface area contributed by atoms with Gasteiger partial charge in [-0.2, -0.15) is 0 Å². The lowest BCUT2D eigenvalue weighted by Crippen LogP contribution is -2.28. The van der Waals surface area contributed by atoms with Gasteiger partial charge in [0, 0.05) is 0 Å². The number of ether oxygens (including phenoxy) is 1. The fourth-order valence-corrected chi connectivity index (χ4v) is 3.89. The zero-order valence-corrected chi connectivity index (χ0v) is 12.7. The molecule has 2 heteroatoms. The highest BCUT2D eigenvalue weighted by Crippen LogP contribution is 2.39. The number of benzene rings is 1. The highest BCUT2D eigenvalue weighted by atomic mass is 16.5. The zero-order valence-electron chi connectivity index (χ0n) is 12.7. The first-order valence-electron chi connectivity index (χ1n) is 8.24. The zero-order chi connectivity index (χ0) is 13.8. The van der Waals surface area contributed by atoms with Crippen molar-refractivity contribution in [2.45, 2.75) is 50.9 Å². The van der Waals surface area contributed by atoms with E-state index in [2.05, 4.69) is 23.5 Å². The van der Waals surface area contributed by atoms with E-state index < -0.39 is 0 Å². The van der Waals surface area contributed by atoms with E-state index in [1.807, 2.05) is 0 Å². The molecule has 1 aliphatic carbocycles. The average molecular weight is 273 g/mol. The van der Waals surface area contributed by atoms with Crippen molar-refractivity contribution >= 4 is 0 Å². The van der Waals surface area contributed by atoms with Crippen molar-refractivity contribution in [3.8, 4) is 5.75 Å². The monoisotopic (exact) mass is 273 g/mol. The molecule has 3 rings (SSSR count). The second-order valence-corrected chi connectivity index (χ2v) is 6.46. The van der Waals surface area contributed by atoms with E-state index in [0.29, 0.717) is 0 Å². The molecule has 1 N–H and O–H groups in total. The van der Waals surface area contributed by atoms with E-state index in [9.17, 15) is 0 Å². The number of methoxy groups -OCH3 is 1. The summed E-state index contributed by atoms with van der Waals surface area (Å²) < 4.78 is 5.59. The van der Waals surface area contributed by atoms with Gasteiger partial charge in [-0.1, -0.05) is 25.0 Å². The summed E-state index contributed by atoms with van der Waals surface area (Å²) in [4.78, 5) is 0. The minimum Gasteiger partial charge on any atom is -0.496 e. The standard InChI is InChI=1S/C18H27NO/c1-20-18-7-6-15(12-14-8-10-19-11-9-14)13-17(18)16-4-2-3-5-16/h6-7,13-14,16,19H,2-5,8-12H2,1H3. The van der Waals surface area contributed by atoms with Gasteiger partial charge in [-0.05, 0) is 74.2 Å². The number of piperidine rings is 1. The molecule has 1 aromatic carbocycles. The predicted octanol–water partition coefficient (Wildman–Crippen LogP) is 3.89. The molecule has 2 fully saturated rings. The highest BCUT2D eigenvalue weighted by molar-refractivity contribution is 5.40. The van der Waals surface area contributed by atoms with Gasteiger partial charge in [0.15, 0.2) is 0 Å². The molecule has 0 atom stereocenters. The van der Waals surface area contributed by atoms with Crippen molar-refractivity contribution in [2.75, 3.05) is 20.2 Å². The Morgan fingerprint density at radius 3 is 2.55 bits per heavy atom. The van der Waals surface area contributed by atoms with Gasteiger partial charge in [-0.3, -0.25) is 0 Å². The summed E-state index contributed by atoms with van der Waals surface area (Å²) in [5.41, 5.74) is 2.98. The second-order valence-electron chi connectivity index (χ2n) is 6.46. The maximum absolute atomic E-state index is 5.59. The minimum atomic E-state index is 0.734. The lowest BCUT2D eigenvalue weighted by atomic mass is 9.88. The SMILES string of the molecule is COc1ccc(CC2CCNCC2)cc1C1CCCC1. The first kappa shape index (κ1) is 13.9. The van der Waals surface area contributed by atoms with Crippen LogP contribution in [0.15, 0.2) is 18.2 Å². The van der Waals surface area contributed by atoms with Crippen molar-refractivity contribution in [2.24, 2.45) is 5.92 Å². The Bertz CT molecular complexity index is 431. The van der Waals surface area contributed by atoms with E-state index in [0.717, 1.165) is 17.6 Å². The molecule has 1 aromatic rings. The molecule has 1 aliphatic heterocycles. The number of hydrogen-bond donors (Lipinski definition) is 1. The largest absolute Gasteiger partial charge is 0.496 e. The second kappa shape index (κ2) is 6.62. The Morgan fingerprint density at radius 1 is 1.10 bits per heavy atom. The van der Waals surface area contributed by atoms with Crippen molar-refractivity contribution < 1.29 is 4.74 Å². The quantitative estimate of drug-likeness (QED) is 0.898. The molecule has 1 saturated carbocycles. The first-order valence-corrected chi connectivity index (χ1v) is 8.24. The molecule has 0 amide bonds. The van der Waals surface area contributed by atoms with Gasteiger partial charge in [-0.15, -0.1) is 0 Å². The smallest absolute Gasteiger partial charge is 0.122 e. The molecule has 20 heavy (non-hydrogen) atoms. The van der Waals surface area contributed by atoms with E-state index in [4.69, 9.17) is 4.74 Å². The fraction of sp³-hybridized carbons (Fsp3) is 0.667. The van der Waals surface area contributed by atoms with Crippen LogP contribution in [-0.2, 0) is 6.42 Å². The summed E-state index contributed by atoms with van der Waals surface area (Å²) in [5, 5.41) is 3.45. The Hall–Kier alpha value is -1.02. The van der Waals surface area contributed by atoms with Crippen molar-refractivity contribution in [1.82, 2.24) is 5.32 Å². The predicted molar refractivity (Wildman–Crippen MR) is 83.5 cm³/mol. The molecule has 0 aromatic heterocycles. The molecule has 0 spiro atoms. The Labute approximate surface area is 122 Å². The van der Waals surface area contributed by atoms with Gasteiger partial charge >= 0.3 is 0 Å². The number of nitrogens with one attached hydrogen (secondary N) is 1. The van der Waals surface area contributed by atoms with Crippen LogP contribution in [0.4, 0.5) is 0 Å². The van der Waals surface area contributed by atoms with E-state index in [-0.39, 0.29) is 0 Å². The van der Waals surface area contributed by atoms with Crippen LogP contribution in [0.5, 0.6) is 5.75 Å². The summed E-state index contributed by atoms with van der Waals surface area (Å²) in [6, 6.07) is 6.92. The van der Waals surface area contributed by atoms with Crippen LogP contribution < -0.4 is 10.1 Å². The third-order valence-electron chi connectivity index (χ3n) is 5.07. The summed E-state index contributed by atoms with van der Waals surface area (Å²) in [6.07, 6.45) is 9.33. The highest BCUT2D eigenvalue weighted by Gasteiger charge is 2.21. The Balaban J connectivity index is 1.75. The number of hydrogen-bond acceptors (Lipinski definition) is 2. The van der Waals surface area contributed by atoms with Gasteiger partial charge in [-0.25, -0.2) is 0 Å². The van der Waals surface area contributed by atoms with Gasteiger partial charge in [0.1, 0.15) is 5.75 Å². The molecule has 110 valence electrons. The van der Waals surface area contributed by atoms with Gasteiger partial charge in [0.05, 0.1) is 7.11 Å². The minimum absolute atomic E-state index is 0.734. The van der Waals surface area contributed by atoms with Crippen LogP contribution in [0.25, 0.3) is 0 Å². The summed E-state index contributed by atoms with van der Waals surface area (Å²) in [5.74, 6) is 2.70.